The van der Waals surface area contributed by atoms with Gasteiger partial charge in [0.1, 0.15) is 30.0 Å². The average Bonchev–Trinajstić information content (AvgIpc) is 2.99. The van der Waals surface area contributed by atoms with Crippen molar-refractivity contribution in [1.82, 2.24) is 0 Å². The van der Waals surface area contributed by atoms with E-state index >= 15 is 0 Å². The van der Waals surface area contributed by atoms with E-state index in [0.29, 0.717) is 0 Å². The first-order valence-electron chi connectivity index (χ1n) is 15.0. The van der Waals surface area contributed by atoms with Crippen molar-refractivity contribution >= 4 is 23.7 Å². The fraction of sp³-hybridized carbons (Fsp3) is 0.529. The molecule has 0 amide bonds. The van der Waals surface area contributed by atoms with Crippen LogP contribution >= 0.6 is 0 Å². The molecular formula is C34H40O11. The number of rotatable bonds is 5. The van der Waals surface area contributed by atoms with Crippen LogP contribution in [0.5, 0.6) is 0 Å². The Labute approximate surface area is 261 Å². The van der Waals surface area contributed by atoms with Gasteiger partial charge in [-0.05, 0) is 48.9 Å². The molecular weight excluding hydrogens is 584 g/mol. The Morgan fingerprint density at radius 3 is 1.82 bits per heavy atom. The Morgan fingerprint density at radius 1 is 0.800 bits per heavy atom. The zero-order chi connectivity index (χ0) is 33.1. The van der Waals surface area contributed by atoms with Crippen LogP contribution in [0.1, 0.15) is 68.2 Å². The van der Waals surface area contributed by atoms with Crippen molar-refractivity contribution in [2.75, 3.05) is 0 Å². The van der Waals surface area contributed by atoms with E-state index in [1.54, 1.807) is 57.2 Å². The second-order valence-corrected chi connectivity index (χ2v) is 13.6. The number of hydrogen-bond donors (Lipinski definition) is 4. The van der Waals surface area contributed by atoms with E-state index in [0.717, 1.165) is 6.92 Å². The van der Waals surface area contributed by atoms with Crippen LogP contribution < -0.4 is 0 Å². The van der Waals surface area contributed by atoms with E-state index in [-0.39, 0.29) is 17.5 Å². The normalized spacial score (nSPS) is 38.7. The van der Waals surface area contributed by atoms with Crippen LogP contribution in [0.2, 0.25) is 0 Å². The van der Waals surface area contributed by atoms with Gasteiger partial charge in [0.15, 0.2) is 11.4 Å². The second-order valence-electron chi connectivity index (χ2n) is 13.6. The molecule has 0 aromatic heterocycles. The first-order valence-corrected chi connectivity index (χ1v) is 15.0. The van der Waals surface area contributed by atoms with Gasteiger partial charge in [0, 0.05) is 24.7 Å². The molecule has 0 aliphatic heterocycles. The fourth-order valence-corrected chi connectivity index (χ4v) is 8.39. The van der Waals surface area contributed by atoms with Crippen molar-refractivity contribution in [1.29, 1.82) is 0 Å². The number of benzene rings is 2. The summed E-state index contributed by atoms with van der Waals surface area (Å²) in [5.41, 5.74) is -7.32. The summed E-state index contributed by atoms with van der Waals surface area (Å²) in [5, 5.41) is 47.0. The van der Waals surface area contributed by atoms with Crippen LogP contribution in [0.25, 0.3) is 0 Å². The third kappa shape index (κ3) is 5.15. The predicted octanol–water partition coefficient (Wildman–Crippen LogP) is 2.23. The van der Waals surface area contributed by atoms with Crippen LogP contribution in [0, 0.1) is 22.7 Å². The van der Waals surface area contributed by atoms with E-state index in [1.807, 2.05) is 0 Å². The number of esters is 3. The first kappa shape index (κ1) is 32.7. The lowest BCUT2D eigenvalue weighted by atomic mass is 9.39. The highest BCUT2D eigenvalue weighted by molar-refractivity contribution is 5.97. The molecule has 3 fully saturated rings. The molecule has 242 valence electrons. The van der Waals surface area contributed by atoms with E-state index in [2.05, 4.69) is 0 Å². The molecule has 0 bridgehead atoms. The lowest BCUT2D eigenvalue weighted by Gasteiger charge is -2.68. The number of ketones is 1. The van der Waals surface area contributed by atoms with Gasteiger partial charge in [-0.15, -0.1) is 0 Å². The maximum Gasteiger partial charge on any atom is 0.338 e. The molecule has 0 heterocycles. The molecule has 11 heteroatoms. The lowest BCUT2D eigenvalue weighted by molar-refractivity contribution is -0.315. The third-order valence-corrected chi connectivity index (χ3v) is 10.4. The maximum absolute atomic E-state index is 14.1. The van der Waals surface area contributed by atoms with Crippen LogP contribution in [-0.2, 0) is 23.8 Å². The monoisotopic (exact) mass is 624 g/mol. The molecule has 2 aromatic rings. The highest BCUT2D eigenvalue weighted by Crippen LogP contribution is 2.66. The van der Waals surface area contributed by atoms with Crippen molar-refractivity contribution < 1.29 is 53.8 Å². The van der Waals surface area contributed by atoms with Gasteiger partial charge < -0.3 is 34.6 Å². The van der Waals surface area contributed by atoms with Crippen LogP contribution in [0.4, 0.5) is 0 Å². The predicted molar refractivity (Wildman–Crippen MR) is 158 cm³/mol. The topological polar surface area (TPSA) is 177 Å². The SMILES string of the molecule is CC(=O)O[C@@H]1C[C@H]2C(C)(C)[C@H](O)[C@H](O)[C@H](OC(=O)c3ccccc3)[C@]2(C)[C@H]2[C@H](OC(=O)c3ccccc3)C[C@](C)(O)C(=O)[C@]12O. The minimum atomic E-state index is -2.66. The van der Waals surface area contributed by atoms with Gasteiger partial charge in [0.2, 0.25) is 0 Å². The number of aliphatic hydroxyl groups excluding tert-OH is 2. The molecule has 0 saturated heterocycles. The van der Waals surface area contributed by atoms with Crippen molar-refractivity contribution in [3.05, 3.63) is 71.8 Å². The van der Waals surface area contributed by atoms with E-state index in [1.165, 1.54) is 31.2 Å². The molecule has 2 aromatic carbocycles. The average molecular weight is 625 g/mol. The number of hydrogen-bond acceptors (Lipinski definition) is 11. The summed E-state index contributed by atoms with van der Waals surface area (Å²) in [7, 11) is 0. The van der Waals surface area contributed by atoms with Crippen LogP contribution in [0.15, 0.2) is 60.7 Å². The zero-order valence-corrected chi connectivity index (χ0v) is 25.9. The summed E-state index contributed by atoms with van der Waals surface area (Å²) in [4.78, 5) is 53.4. The first-order chi connectivity index (χ1) is 21.0. The van der Waals surface area contributed by atoms with Gasteiger partial charge in [0.05, 0.1) is 17.2 Å². The molecule has 0 spiro atoms. The van der Waals surface area contributed by atoms with Gasteiger partial charge in [-0.1, -0.05) is 57.2 Å². The van der Waals surface area contributed by atoms with Gasteiger partial charge in [-0.25, -0.2) is 9.59 Å². The molecule has 5 rings (SSSR count). The number of Topliss-reactive ketones (excluding diaryl/α,β-unsaturated/α-hetero) is 1. The molecule has 11 nitrogen and oxygen atoms in total. The molecule has 10 atom stereocenters. The summed E-state index contributed by atoms with van der Waals surface area (Å²) in [6.45, 7) is 7.26. The number of carbonyl (C=O) groups is 4. The maximum atomic E-state index is 14.1. The molecule has 45 heavy (non-hydrogen) atoms. The summed E-state index contributed by atoms with van der Waals surface area (Å²) in [6.07, 6.45) is -8.31. The quantitative estimate of drug-likeness (QED) is 0.283. The zero-order valence-electron chi connectivity index (χ0n) is 25.9. The smallest absolute Gasteiger partial charge is 0.338 e. The number of aliphatic hydroxyl groups is 4. The van der Waals surface area contributed by atoms with E-state index in [4.69, 9.17) is 14.2 Å². The minimum Gasteiger partial charge on any atom is -0.459 e. The van der Waals surface area contributed by atoms with Crippen molar-refractivity contribution in [3.8, 4) is 0 Å². The molecule has 3 aliphatic carbocycles. The minimum absolute atomic E-state index is 0.155. The van der Waals surface area contributed by atoms with Crippen LogP contribution in [-0.4, -0.2) is 85.8 Å². The third-order valence-electron chi connectivity index (χ3n) is 10.4. The van der Waals surface area contributed by atoms with Crippen molar-refractivity contribution in [2.24, 2.45) is 22.7 Å². The Morgan fingerprint density at radius 2 is 1.31 bits per heavy atom. The number of fused-ring (bicyclic) bond motifs is 3. The molecule has 0 radical (unpaired) electrons. The largest absolute Gasteiger partial charge is 0.459 e. The number of ether oxygens (including phenoxy) is 3. The van der Waals surface area contributed by atoms with Crippen molar-refractivity contribution in [2.45, 2.75) is 89.2 Å². The summed E-state index contributed by atoms with van der Waals surface area (Å²) in [5.74, 6) is -5.79. The second kappa shape index (κ2) is 11.3. The molecule has 3 aliphatic rings. The Hall–Kier alpha value is -3.64. The summed E-state index contributed by atoms with van der Waals surface area (Å²) in [6, 6.07) is 16.0. The van der Waals surface area contributed by atoms with E-state index in [9.17, 15) is 39.6 Å². The molecule has 3 saturated carbocycles. The Bertz CT molecular complexity index is 1470. The van der Waals surface area contributed by atoms with E-state index < -0.39 is 94.5 Å². The number of carbonyl (C=O) groups excluding carboxylic acids is 4. The highest BCUT2D eigenvalue weighted by Gasteiger charge is 2.78. The van der Waals surface area contributed by atoms with Gasteiger partial charge in [0.25, 0.3) is 0 Å². The van der Waals surface area contributed by atoms with Crippen LogP contribution in [0.3, 0.4) is 0 Å². The van der Waals surface area contributed by atoms with Gasteiger partial charge >= 0.3 is 17.9 Å². The van der Waals surface area contributed by atoms with Gasteiger partial charge in [-0.2, -0.15) is 0 Å². The standard InChI is InChI=1S/C34H40O11/c1-18(35)43-23-16-22-31(2,3)26(37)24(36)27(45-29(39)20-14-10-7-11-15-20)33(22,5)25-21(17-32(4,41)30(40)34(23,25)42)44-28(38)19-12-8-6-9-13-19/h6-15,21-27,36-37,41-42H,16-17H2,1-5H3/t21-,22+,23-,24+,25-,26-,27+,32+,33+,34+/m1/s1. The fourth-order valence-electron chi connectivity index (χ4n) is 8.39. The Kier molecular flexibility index (Phi) is 8.23. The lowest BCUT2D eigenvalue weighted by Crippen LogP contribution is -2.81. The summed E-state index contributed by atoms with van der Waals surface area (Å²) < 4.78 is 17.6. The molecule has 0 unspecified atom stereocenters. The van der Waals surface area contributed by atoms with Crippen molar-refractivity contribution in [3.63, 3.8) is 0 Å². The molecule has 4 N–H and O–H groups in total. The highest BCUT2D eigenvalue weighted by atomic mass is 16.6. The van der Waals surface area contributed by atoms with Gasteiger partial charge in [-0.3, -0.25) is 9.59 Å². The Balaban J connectivity index is 1.72. The summed E-state index contributed by atoms with van der Waals surface area (Å²) >= 11 is 0.